The predicted octanol–water partition coefficient (Wildman–Crippen LogP) is 4.93. The maximum Gasteiger partial charge on any atom is 0.334 e. The summed E-state index contributed by atoms with van der Waals surface area (Å²) in [5.41, 5.74) is 0.455. The summed E-state index contributed by atoms with van der Waals surface area (Å²) in [6, 6.07) is 0. The molecule has 0 spiro atoms. The summed E-state index contributed by atoms with van der Waals surface area (Å²) >= 11 is 5.61. The fourth-order valence-electron chi connectivity index (χ4n) is 1.95. The minimum Gasteiger partial charge on any atom is -0.463 e. The third kappa shape index (κ3) is 12.2. The largest absolute Gasteiger partial charge is 0.463 e. The summed E-state index contributed by atoms with van der Waals surface area (Å²) in [6.45, 7) is 6.11. The summed E-state index contributed by atoms with van der Waals surface area (Å²) in [6.07, 6.45) is 5.36. The van der Waals surface area contributed by atoms with Crippen molar-refractivity contribution < 1.29 is 23.1 Å². The van der Waals surface area contributed by atoms with E-state index in [4.69, 9.17) is 25.4 Å². The fourth-order valence-corrected chi connectivity index (χ4v) is 3.66. The number of unbranched alkanes of at least 4 members (excludes halogenated alkanes) is 2. The number of hydrogen-bond acceptors (Lipinski definition) is 5. The van der Waals surface area contributed by atoms with Gasteiger partial charge in [-0.1, -0.05) is 6.08 Å². The minimum atomic E-state index is -3.22. The summed E-state index contributed by atoms with van der Waals surface area (Å²) in [7, 11) is -3.22. The molecule has 0 bridgehead atoms. The monoisotopic (exact) mass is 392 g/mol. The van der Waals surface area contributed by atoms with Gasteiger partial charge in [-0.15, -0.1) is 23.4 Å². The molecule has 0 amide bonds. The van der Waals surface area contributed by atoms with Crippen LogP contribution in [0.2, 0.25) is 0 Å². The highest BCUT2D eigenvalue weighted by molar-refractivity contribution is 7.54. The van der Waals surface area contributed by atoms with Gasteiger partial charge in [-0.3, -0.25) is 4.57 Å². The summed E-state index contributed by atoms with van der Waals surface area (Å²) in [5, 5.41) is 0. The summed E-state index contributed by atoms with van der Waals surface area (Å²) in [5.74, 6) is 6.35. The van der Waals surface area contributed by atoms with Crippen molar-refractivity contribution in [1.82, 2.24) is 0 Å². The van der Waals surface area contributed by atoms with Gasteiger partial charge in [0.25, 0.3) is 0 Å². The van der Waals surface area contributed by atoms with Crippen LogP contribution in [-0.4, -0.2) is 37.8 Å². The molecule has 5 nitrogen and oxygen atoms in total. The van der Waals surface area contributed by atoms with E-state index in [0.29, 0.717) is 24.3 Å². The first-order chi connectivity index (χ1) is 12.0. The van der Waals surface area contributed by atoms with Crippen molar-refractivity contribution >= 4 is 25.2 Å². The Hall–Kier alpha value is -0.790. The average molecular weight is 393 g/mol. The van der Waals surface area contributed by atoms with Crippen molar-refractivity contribution in [2.24, 2.45) is 0 Å². The molecule has 0 aromatic carbocycles. The maximum atomic E-state index is 12.5. The lowest BCUT2D eigenvalue weighted by molar-refractivity contribution is -0.138. The van der Waals surface area contributed by atoms with Gasteiger partial charge in [0.1, 0.15) is 0 Å². The molecule has 0 saturated carbocycles. The van der Waals surface area contributed by atoms with Crippen molar-refractivity contribution in [1.29, 1.82) is 0 Å². The first-order valence-electron chi connectivity index (χ1n) is 8.78. The highest BCUT2D eigenvalue weighted by atomic mass is 35.5. The van der Waals surface area contributed by atoms with Crippen LogP contribution in [0.3, 0.4) is 0 Å². The fraction of sp³-hybridized carbons (Fsp3) is 0.722. The normalized spacial score (nSPS) is 11.8. The van der Waals surface area contributed by atoms with E-state index < -0.39 is 13.6 Å². The Bertz CT molecular complexity index is 497. The lowest BCUT2D eigenvalue weighted by Gasteiger charge is -2.15. The van der Waals surface area contributed by atoms with E-state index in [0.717, 1.165) is 19.3 Å². The molecule has 0 N–H and O–H groups in total. The number of esters is 1. The Morgan fingerprint density at radius 3 is 2.24 bits per heavy atom. The molecular formula is C18H30ClO5P. The van der Waals surface area contributed by atoms with E-state index in [9.17, 15) is 9.36 Å². The molecule has 0 radical (unpaired) electrons. The summed E-state index contributed by atoms with van der Waals surface area (Å²) in [4.78, 5) is 12.1. The third-order valence-corrected chi connectivity index (χ3v) is 5.28. The Morgan fingerprint density at radius 1 is 1.04 bits per heavy atom. The minimum absolute atomic E-state index is 0.0476. The number of alkyl halides is 1. The van der Waals surface area contributed by atoms with Gasteiger partial charge in [0.05, 0.1) is 26.0 Å². The molecule has 0 atom stereocenters. The van der Waals surface area contributed by atoms with Gasteiger partial charge in [0.15, 0.2) is 0 Å². The molecule has 0 aromatic rings. The van der Waals surface area contributed by atoms with Crippen LogP contribution in [0.15, 0.2) is 11.6 Å². The van der Waals surface area contributed by atoms with Gasteiger partial charge in [-0.25, -0.2) is 4.79 Å². The number of halogens is 1. The van der Waals surface area contributed by atoms with Crippen LogP contribution in [0, 0.1) is 11.8 Å². The lowest BCUT2D eigenvalue weighted by atomic mass is 10.1. The Kier molecular flexibility index (Phi) is 15.0. The van der Waals surface area contributed by atoms with Gasteiger partial charge in [0.2, 0.25) is 0 Å². The molecule has 0 saturated heterocycles. The second kappa shape index (κ2) is 15.5. The number of ether oxygens (including phenoxy) is 1. The quantitative estimate of drug-likeness (QED) is 0.111. The molecule has 0 fully saturated rings. The van der Waals surface area contributed by atoms with E-state index in [1.807, 2.05) is 0 Å². The molecule has 144 valence electrons. The molecule has 0 aliphatic rings. The standard InChI is InChI=1S/C18H30ClO5P/c1-4-22-18(20)17(13-11-9-7-8-10-12-15-19)14-16-25(21,23-5-2)24-6-3/h14H,4-6,8,10-13,15-16H2,1-3H3/b17-14+. The average Bonchev–Trinajstić information content (AvgIpc) is 2.57. The Labute approximate surface area is 157 Å². The second-order valence-electron chi connectivity index (χ2n) is 5.08. The van der Waals surface area contributed by atoms with Crippen LogP contribution in [0.1, 0.15) is 52.9 Å². The van der Waals surface area contributed by atoms with Crippen molar-refractivity contribution in [2.45, 2.75) is 52.9 Å². The van der Waals surface area contributed by atoms with Crippen molar-refractivity contribution in [3.63, 3.8) is 0 Å². The van der Waals surface area contributed by atoms with E-state index in [1.54, 1.807) is 26.8 Å². The number of carbonyl (C=O) groups is 1. The zero-order valence-electron chi connectivity index (χ0n) is 15.5. The SMILES string of the molecule is CCOC(=O)/C(=C/CP(=O)(OCC)OCC)CCC#CCCCCCl. The van der Waals surface area contributed by atoms with Gasteiger partial charge in [-0.2, -0.15) is 0 Å². The smallest absolute Gasteiger partial charge is 0.334 e. The van der Waals surface area contributed by atoms with Crippen LogP contribution in [0.5, 0.6) is 0 Å². The number of allylic oxidation sites excluding steroid dienone is 1. The lowest BCUT2D eigenvalue weighted by Crippen LogP contribution is -2.09. The molecule has 0 aliphatic carbocycles. The summed E-state index contributed by atoms with van der Waals surface area (Å²) < 4.78 is 28.0. The number of rotatable bonds is 13. The molecule has 0 aromatic heterocycles. The topological polar surface area (TPSA) is 61.8 Å². The van der Waals surface area contributed by atoms with Crippen LogP contribution in [0.25, 0.3) is 0 Å². The van der Waals surface area contributed by atoms with Crippen molar-refractivity contribution in [2.75, 3.05) is 31.9 Å². The van der Waals surface area contributed by atoms with Crippen LogP contribution < -0.4 is 0 Å². The van der Waals surface area contributed by atoms with Gasteiger partial charge in [-0.05, 0) is 40.0 Å². The van der Waals surface area contributed by atoms with Gasteiger partial charge in [0, 0.05) is 24.3 Å². The first-order valence-corrected chi connectivity index (χ1v) is 11.0. The Balaban J connectivity index is 4.80. The predicted molar refractivity (Wildman–Crippen MR) is 102 cm³/mol. The molecule has 0 aliphatic heterocycles. The first kappa shape index (κ1) is 24.2. The molecular weight excluding hydrogens is 363 g/mol. The van der Waals surface area contributed by atoms with E-state index >= 15 is 0 Å². The molecule has 25 heavy (non-hydrogen) atoms. The molecule has 7 heteroatoms. The van der Waals surface area contributed by atoms with Crippen molar-refractivity contribution in [3.05, 3.63) is 11.6 Å². The Morgan fingerprint density at radius 2 is 1.68 bits per heavy atom. The van der Waals surface area contributed by atoms with Gasteiger partial charge >= 0.3 is 13.6 Å². The number of hydrogen-bond donors (Lipinski definition) is 0. The van der Waals surface area contributed by atoms with Crippen LogP contribution in [0.4, 0.5) is 0 Å². The molecule has 0 rings (SSSR count). The third-order valence-electron chi connectivity index (χ3n) is 3.08. The van der Waals surface area contributed by atoms with Gasteiger partial charge < -0.3 is 13.8 Å². The molecule has 0 heterocycles. The number of carbonyl (C=O) groups excluding carboxylic acids is 1. The van der Waals surface area contributed by atoms with Crippen LogP contribution >= 0.6 is 19.2 Å². The molecule has 0 unspecified atom stereocenters. The zero-order valence-corrected chi connectivity index (χ0v) is 17.2. The van der Waals surface area contributed by atoms with E-state index in [-0.39, 0.29) is 26.0 Å². The zero-order chi connectivity index (χ0) is 19.0. The maximum absolute atomic E-state index is 12.5. The highest BCUT2D eigenvalue weighted by Gasteiger charge is 2.23. The van der Waals surface area contributed by atoms with E-state index in [2.05, 4.69) is 11.8 Å². The van der Waals surface area contributed by atoms with Crippen molar-refractivity contribution in [3.8, 4) is 11.8 Å². The van der Waals surface area contributed by atoms with E-state index in [1.165, 1.54) is 0 Å². The highest BCUT2D eigenvalue weighted by Crippen LogP contribution is 2.48. The van der Waals surface area contributed by atoms with Crippen LogP contribution in [-0.2, 0) is 23.1 Å². The second-order valence-corrected chi connectivity index (χ2v) is 7.56.